The Labute approximate surface area is 161 Å². The number of fused-ring (bicyclic) bond motifs is 1. The van der Waals surface area contributed by atoms with Crippen molar-refractivity contribution >= 4 is 28.2 Å². The van der Waals surface area contributed by atoms with Gasteiger partial charge in [0.25, 0.3) is 5.56 Å². The standard InChI is InChI=1S/C20H20FN3O2S/c1-26-17-7-4-14-10-15(19(25)24-18(14)11-17)8-9-22-20(27)23-12-13-2-5-16(21)6-3-13/h2-7,10-11H,8-9,12H2,1H3,(H,24,25)(H2,22,23,27). The molecule has 2 aromatic carbocycles. The van der Waals surface area contributed by atoms with E-state index in [-0.39, 0.29) is 11.4 Å². The minimum absolute atomic E-state index is 0.122. The number of aromatic amines is 1. The van der Waals surface area contributed by atoms with Crippen LogP contribution in [0, 0.1) is 5.82 Å². The molecular weight excluding hydrogens is 365 g/mol. The van der Waals surface area contributed by atoms with Gasteiger partial charge in [0, 0.05) is 24.7 Å². The van der Waals surface area contributed by atoms with E-state index in [4.69, 9.17) is 17.0 Å². The van der Waals surface area contributed by atoms with Crippen molar-refractivity contribution in [3.8, 4) is 5.75 Å². The van der Waals surface area contributed by atoms with Crippen molar-refractivity contribution < 1.29 is 9.13 Å². The molecule has 0 aliphatic rings. The van der Waals surface area contributed by atoms with E-state index in [1.54, 1.807) is 25.3 Å². The maximum Gasteiger partial charge on any atom is 0.251 e. The van der Waals surface area contributed by atoms with Gasteiger partial charge < -0.3 is 20.4 Å². The Bertz CT molecular complexity index is 1000. The minimum Gasteiger partial charge on any atom is -0.497 e. The SMILES string of the molecule is COc1ccc2cc(CCNC(=S)NCc3ccc(F)cc3)c(=O)[nH]c2c1. The maximum absolute atomic E-state index is 12.9. The summed E-state index contributed by atoms with van der Waals surface area (Å²) in [4.78, 5) is 15.1. The van der Waals surface area contributed by atoms with Crippen LogP contribution in [0.4, 0.5) is 4.39 Å². The highest BCUT2D eigenvalue weighted by Gasteiger charge is 2.05. The third-order valence-corrected chi connectivity index (χ3v) is 4.46. The lowest BCUT2D eigenvalue weighted by Crippen LogP contribution is -2.36. The van der Waals surface area contributed by atoms with Crippen LogP contribution >= 0.6 is 12.2 Å². The van der Waals surface area contributed by atoms with Gasteiger partial charge in [0.2, 0.25) is 0 Å². The van der Waals surface area contributed by atoms with E-state index >= 15 is 0 Å². The van der Waals surface area contributed by atoms with Crippen molar-refractivity contribution in [3.05, 3.63) is 75.8 Å². The van der Waals surface area contributed by atoms with Gasteiger partial charge in [-0.15, -0.1) is 0 Å². The van der Waals surface area contributed by atoms with Gasteiger partial charge in [-0.2, -0.15) is 0 Å². The topological polar surface area (TPSA) is 66.2 Å². The smallest absolute Gasteiger partial charge is 0.251 e. The third-order valence-electron chi connectivity index (χ3n) is 4.18. The third kappa shape index (κ3) is 5.04. The van der Waals surface area contributed by atoms with Crippen molar-refractivity contribution in [2.24, 2.45) is 0 Å². The summed E-state index contributed by atoms with van der Waals surface area (Å²) in [5.41, 5.74) is 2.23. The molecule has 1 heterocycles. The Morgan fingerprint density at radius 3 is 2.67 bits per heavy atom. The van der Waals surface area contributed by atoms with Crippen LogP contribution in [0.25, 0.3) is 10.9 Å². The summed E-state index contributed by atoms with van der Waals surface area (Å²) in [5, 5.41) is 7.57. The van der Waals surface area contributed by atoms with E-state index in [1.807, 2.05) is 18.2 Å². The summed E-state index contributed by atoms with van der Waals surface area (Å²) in [6.07, 6.45) is 0.537. The van der Waals surface area contributed by atoms with Gasteiger partial charge in [-0.3, -0.25) is 4.79 Å². The fourth-order valence-corrected chi connectivity index (χ4v) is 2.87. The summed E-state index contributed by atoms with van der Waals surface area (Å²) in [5.74, 6) is 0.434. The molecule has 140 valence electrons. The second-order valence-electron chi connectivity index (χ2n) is 6.06. The number of hydrogen-bond acceptors (Lipinski definition) is 3. The molecule has 0 aliphatic carbocycles. The molecule has 0 amide bonds. The minimum atomic E-state index is -0.265. The quantitative estimate of drug-likeness (QED) is 0.570. The van der Waals surface area contributed by atoms with Crippen LogP contribution in [0.2, 0.25) is 0 Å². The predicted molar refractivity (Wildman–Crippen MR) is 109 cm³/mol. The van der Waals surface area contributed by atoms with Crippen LogP contribution in [-0.2, 0) is 13.0 Å². The van der Waals surface area contributed by atoms with Gasteiger partial charge in [-0.05, 0) is 59.9 Å². The van der Waals surface area contributed by atoms with Crippen molar-refractivity contribution in [1.29, 1.82) is 0 Å². The average Bonchev–Trinajstić information content (AvgIpc) is 2.67. The number of rotatable bonds is 6. The number of halogens is 1. The molecule has 7 heteroatoms. The highest BCUT2D eigenvalue weighted by molar-refractivity contribution is 7.80. The number of aromatic nitrogens is 1. The fourth-order valence-electron chi connectivity index (χ4n) is 2.70. The molecule has 3 N–H and O–H groups in total. The molecule has 0 atom stereocenters. The van der Waals surface area contributed by atoms with Gasteiger partial charge >= 0.3 is 0 Å². The van der Waals surface area contributed by atoms with Crippen LogP contribution in [0.3, 0.4) is 0 Å². The van der Waals surface area contributed by atoms with Gasteiger partial charge in [0.15, 0.2) is 5.11 Å². The number of benzene rings is 2. The first-order chi connectivity index (χ1) is 13.0. The number of ether oxygens (including phenoxy) is 1. The lowest BCUT2D eigenvalue weighted by molar-refractivity contribution is 0.415. The number of hydrogen-bond donors (Lipinski definition) is 3. The van der Waals surface area contributed by atoms with E-state index in [2.05, 4.69) is 15.6 Å². The molecule has 0 radical (unpaired) electrons. The second kappa shape index (κ2) is 8.64. The molecule has 3 aromatic rings. The van der Waals surface area contributed by atoms with Gasteiger partial charge in [0.05, 0.1) is 12.6 Å². The molecule has 0 bridgehead atoms. The normalized spacial score (nSPS) is 10.6. The zero-order valence-electron chi connectivity index (χ0n) is 14.8. The predicted octanol–water partition coefficient (Wildman–Crippen LogP) is 2.88. The fraction of sp³-hybridized carbons (Fsp3) is 0.200. The summed E-state index contributed by atoms with van der Waals surface area (Å²) < 4.78 is 18.1. The molecule has 0 unspecified atom stereocenters. The zero-order chi connectivity index (χ0) is 19.2. The highest BCUT2D eigenvalue weighted by Crippen LogP contribution is 2.18. The van der Waals surface area contributed by atoms with Gasteiger partial charge in [0.1, 0.15) is 11.6 Å². The number of methoxy groups -OCH3 is 1. The molecule has 0 fully saturated rings. The number of pyridine rings is 1. The molecule has 1 aromatic heterocycles. The average molecular weight is 385 g/mol. The number of thiocarbonyl (C=S) groups is 1. The van der Waals surface area contributed by atoms with Crippen molar-refractivity contribution in [2.75, 3.05) is 13.7 Å². The summed E-state index contributed by atoms with van der Waals surface area (Å²) in [6.45, 7) is 1.03. The second-order valence-corrected chi connectivity index (χ2v) is 6.47. The number of H-pyrrole nitrogens is 1. The summed E-state index contributed by atoms with van der Waals surface area (Å²) in [7, 11) is 1.59. The number of nitrogens with one attached hydrogen (secondary N) is 3. The summed E-state index contributed by atoms with van der Waals surface area (Å²) >= 11 is 5.24. The molecular formula is C20H20FN3O2S. The molecule has 0 saturated heterocycles. The highest BCUT2D eigenvalue weighted by atomic mass is 32.1. The van der Waals surface area contributed by atoms with Crippen LogP contribution in [0.5, 0.6) is 5.75 Å². The summed E-state index contributed by atoms with van der Waals surface area (Å²) in [6, 6.07) is 13.7. The largest absolute Gasteiger partial charge is 0.497 e. The van der Waals surface area contributed by atoms with Crippen molar-refractivity contribution in [3.63, 3.8) is 0 Å². The van der Waals surface area contributed by atoms with Gasteiger partial charge in [-0.1, -0.05) is 12.1 Å². The Morgan fingerprint density at radius 1 is 1.15 bits per heavy atom. The van der Waals surface area contributed by atoms with Crippen LogP contribution in [0.15, 0.2) is 53.3 Å². The lowest BCUT2D eigenvalue weighted by atomic mass is 10.1. The first-order valence-corrected chi connectivity index (χ1v) is 8.92. The Balaban J connectivity index is 1.53. The molecule has 0 spiro atoms. The maximum atomic E-state index is 12.9. The Kier molecular flexibility index (Phi) is 6.03. The van der Waals surface area contributed by atoms with Crippen LogP contribution < -0.4 is 20.9 Å². The molecule has 0 aliphatic heterocycles. The molecule has 0 saturated carbocycles. The Hall–Kier alpha value is -2.93. The van der Waals surface area contributed by atoms with Crippen LogP contribution in [-0.4, -0.2) is 23.8 Å². The van der Waals surface area contributed by atoms with E-state index in [0.29, 0.717) is 35.9 Å². The first-order valence-electron chi connectivity index (χ1n) is 8.51. The van der Waals surface area contributed by atoms with Gasteiger partial charge in [-0.25, -0.2) is 4.39 Å². The van der Waals surface area contributed by atoms with Crippen molar-refractivity contribution in [2.45, 2.75) is 13.0 Å². The monoisotopic (exact) mass is 385 g/mol. The zero-order valence-corrected chi connectivity index (χ0v) is 15.7. The van der Waals surface area contributed by atoms with E-state index in [0.717, 1.165) is 16.5 Å². The lowest BCUT2D eigenvalue weighted by Gasteiger charge is -2.11. The Morgan fingerprint density at radius 2 is 1.93 bits per heavy atom. The molecule has 3 rings (SSSR count). The van der Waals surface area contributed by atoms with E-state index < -0.39 is 0 Å². The van der Waals surface area contributed by atoms with Crippen LogP contribution in [0.1, 0.15) is 11.1 Å². The molecule has 27 heavy (non-hydrogen) atoms. The first kappa shape index (κ1) is 18.8. The molecule has 5 nitrogen and oxygen atoms in total. The van der Waals surface area contributed by atoms with E-state index in [1.165, 1.54) is 12.1 Å². The van der Waals surface area contributed by atoms with Crippen molar-refractivity contribution in [1.82, 2.24) is 15.6 Å². The van der Waals surface area contributed by atoms with E-state index in [9.17, 15) is 9.18 Å².